The summed E-state index contributed by atoms with van der Waals surface area (Å²) in [7, 11) is 0. The van der Waals surface area contributed by atoms with Crippen molar-refractivity contribution in [2.24, 2.45) is 5.10 Å². The van der Waals surface area contributed by atoms with E-state index in [2.05, 4.69) is 31.3 Å². The average molecular weight is 586 g/mol. The van der Waals surface area contributed by atoms with Crippen LogP contribution in [0.3, 0.4) is 0 Å². The first-order chi connectivity index (χ1) is 17.8. The van der Waals surface area contributed by atoms with Crippen LogP contribution in [0.25, 0.3) is 10.9 Å². The molecular weight excluding hydrogens is 563 g/mol. The van der Waals surface area contributed by atoms with Gasteiger partial charge in [0.15, 0.2) is 6.61 Å². The van der Waals surface area contributed by atoms with Crippen LogP contribution in [0.15, 0.2) is 75.0 Å². The summed E-state index contributed by atoms with van der Waals surface area (Å²) < 4.78 is 21.3. The van der Waals surface area contributed by atoms with Gasteiger partial charge in [-0.25, -0.2) is 9.37 Å². The Morgan fingerprint density at radius 1 is 1.24 bits per heavy atom. The maximum Gasteiger partial charge on any atom is 0.282 e. The van der Waals surface area contributed by atoms with Crippen molar-refractivity contribution < 1.29 is 13.9 Å². The monoisotopic (exact) mass is 584 g/mol. The van der Waals surface area contributed by atoms with Gasteiger partial charge in [0.05, 0.1) is 27.8 Å². The van der Waals surface area contributed by atoms with Gasteiger partial charge in [-0.15, -0.1) is 0 Å². The van der Waals surface area contributed by atoms with E-state index in [-0.39, 0.29) is 34.5 Å². The standard InChI is InChI=1S/C27H23BrClFN4O3/c1-3-16(2)26-33-22-10-9-18(28)13-19(22)27(36)34(26)31-14-17-8-11-24(20(29)12-17)37-15-25(35)32-23-7-5-4-6-21(23)30/h4-14,16H,3,15H2,1-2H3,(H,32,35)/t16-/m1/s1. The SMILES string of the molecule is CC[C@@H](C)c1nc2ccc(Br)cc2c(=O)n1N=Cc1ccc(OCC(=O)Nc2ccccc2F)c(Cl)c1. The Kier molecular flexibility index (Phi) is 8.35. The van der Waals surface area contributed by atoms with E-state index in [4.69, 9.17) is 16.3 Å². The van der Waals surface area contributed by atoms with Crippen LogP contribution in [0.2, 0.25) is 5.02 Å². The lowest BCUT2D eigenvalue weighted by molar-refractivity contribution is -0.118. The van der Waals surface area contributed by atoms with Crippen LogP contribution in [0.5, 0.6) is 5.75 Å². The number of para-hydroxylation sites is 1. The topological polar surface area (TPSA) is 85.6 Å². The predicted molar refractivity (Wildman–Crippen MR) is 147 cm³/mol. The van der Waals surface area contributed by atoms with Crippen LogP contribution < -0.4 is 15.6 Å². The van der Waals surface area contributed by atoms with Crippen molar-refractivity contribution in [3.8, 4) is 5.75 Å². The van der Waals surface area contributed by atoms with Gasteiger partial charge >= 0.3 is 0 Å². The molecule has 0 saturated heterocycles. The number of benzene rings is 3. The molecule has 1 heterocycles. The van der Waals surface area contributed by atoms with Gasteiger partial charge in [0.2, 0.25) is 0 Å². The summed E-state index contributed by atoms with van der Waals surface area (Å²) in [4.78, 5) is 30.1. The Hall–Kier alpha value is -3.56. The van der Waals surface area contributed by atoms with Gasteiger partial charge in [-0.3, -0.25) is 9.59 Å². The highest BCUT2D eigenvalue weighted by atomic mass is 79.9. The number of carbonyl (C=O) groups excluding carboxylic acids is 1. The lowest BCUT2D eigenvalue weighted by atomic mass is 10.1. The summed E-state index contributed by atoms with van der Waals surface area (Å²) in [5.74, 6) is -0.225. The minimum atomic E-state index is -0.539. The molecule has 10 heteroatoms. The third-order valence-corrected chi connectivity index (χ3v) is 6.46. The highest BCUT2D eigenvalue weighted by Crippen LogP contribution is 2.25. The lowest BCUT2D eigenvalue weighted by Gasteiger charge is -2.14. The van der Waals surface area contributed by atoms with Gasteiger partial charge in [0.1, 0.15) is 17.4 Å². The predicted octanol–water partition coefficient (Wildman–Crippen LogP) is 6.36. The number of anilines is 1. The number of carbonyl (C=O) groups is 1. The molecule has 0 radical (unpaired) electrons. The maximum absolute atomic E-state index is 13.7. The number of nitrogens with one attached hydrogen (secondary N) is 1. The molecule has 0 aliphatic carbocycles. The van der Waals surface area contributed by atoms with Crippen LogP contribution in [0, 0.1) is 5.82 Å². The van der Waals surface area contributed by atoms with Gasteiger partial charge < -0.3 is 10.1 Å². The van der Waals surface area contributed by atoms with Crippen LogP contribution >= 0.6 is 27.5 Å². The molecule has 0 bridgehead atoms. The molecule has 1 amide bonds. The van der Waals surface area contributed by atoms with Crippen molar-refractivity contribution in [2.45, 2.75) is 26.2 Å². The quantitative estimate of drug-likeness (QED) is 0.244. The van der Waals surface area contributed by atoms with E-state index < -0.39 is 11.7 Å². The molecule has 3 aromatic carbocycles. The molecule has 0 unspecified atom stereocenters. The molecule has 1 N–H and O–H groups in total. The third-order valence-electron chi connectivity index (χ3n) is 5.67. The molecule has 37 heavy (non-hydrogen) atoms. The van der Waals surface area contributed by atoms with E-state index in [1.807, 2.05) is 19.9 Å². The van der Waals surface area contributed by atoms with E-state index >= 15 is 0 Å². The number of hydrogen-bond donors (Lipinski definition) is 1. The van der Waals surface area contributed by atoms with Gasteiger partial charge in [-0.1, -0.05) is 53.5 Å². The normalized spacial score (nSPS) is 12.1. The van der Waals surface area contributed by atoms with Crippen molar-refractivity contribution in [1.29, 1.82) is 0 Å². The minimum Gasteiger partial charge on any atom is -0.482 e. The van der Waals surface area contributed by atoms with Crippen molar-refractivity contribution in [1.82, 2.24) is 9.66 Å². The average Bonchev–Trinajstić information content (AvgIpc) is 2.88. The second kappa shape index (κ2) is 11.7. The lowest BCUT2D eigenvalue weighted by Crippen LogP contribution is -2.23. The van der Waals surface area contributed by atoms with Crippen molar-refractivity contribution in [2.75, 3.05) is 11.9 Å². The number of fused-ring (bicyclic) bond motifs is 1. The summed E-state index contributed by atoms with van der Waals surface area (Å²) in [6.45, 7) is 3.66. The van der Waals surface area contributed by atoms with E-state index in [0.29, 0.717) is 22.3 Å². The molecule has 4 aromatic rings. The molecule has 0 aliphatic rings. The number of rotatable bonds is 8. The molecule has 190 valence electrons. The first-order valence-corrected chi connectivity index (χ1v) is 12.7. The van der Waals surface area contributed by atoms with Gasteiger partial charge in [0.25, 0.3) is 11.5 Å². The molecule has 7 nitrogen and oxygen atoms in total. The molecule has 0 spiro atoms. The Bertz CT molecular complexity index is 1560. The third kappa shape index (κ3) is 6.23. The molecular formula is C27H23BrClFN4O3. The summed E-state index contributed by atoms with van der Waals surface area (Å²) in [6, 6.07) is 16.1. The zero-order valence-corrected chi connectivity index (χ0v) is 22.4. The molecule has 0 saturated carbocycles. The summed E-state index contributed by atoms with van der Waals surface area (Å²) in [6.07, 6.45) is 2.30. The number of halogens is 3. The second-order valence-electron chi connectivity index (χ2n) is 8.31. The van der Waals surface area contributed by atoms with E-state index in [1.165, 1.54) is 29.1 Å². The number of nitrogens with zero attached hydrogens (tertiary/aromatic N) is 3. The van der Waals surface area contributed by atoms with Gasteiger partial charge in [-0.05, 0) is 60.5 Å². The van der Waals surface area contributed by atoms with Crippen LogP contribution in [-0.4, -0.2) is 28.4 Å². The van der Waals surface area contributed by atoms with E-state index in [1.54, 1.807) is 36.4 Å². The maximum atomic E-state index is 13.7. The Balaban J connectivity index is 1.53. The highest BCUT2D eigenvalue weighted by Gasteiger charge is 2.16. The first kappa shape index (κ1) is 26.5. The minimum absolute atomic E-state index is 0.00719. The Labute approximate surface area is 226 Å². The van der Waals surface area contributed by atoms with E-state index in [9.17, 15) is 14.0 Å². The molecule has 1 aromatic heterocycles. The summed E-state index contributed by atoms with van der Waals surface area (Å²) in [5.41, 5.74) is 1.02. The van der Waals surface area contributed by atoms with Crippen molar-refractivity contribution in [3.63, 3.8) is 0 Å². The van der Waals surface area contributed by atoms with Crippen molar-refractivity contribution >= 4 is 56.2 Å². The van der Waals surface area contributed by atoms with Crippen molar-refractivity contribution in [3.05, 3.63) is 97.7 Å². The van der Waals surface area contributed by atoms with Gasteiger partial charge in [-0.2, -0.15) is 9.78 Å². The van der Waals surface area contributed by atoms with Gasteiger partial charge in [0, 0.05) is 10.4 Å². The van der Waals surface area contributed by atoms with Crippen LogP contribution in [0.4, 0.5) is 10.1 Å². The van der Waals surface area contributed by atoms with Crippen LogP contribution in [-0.2, 0) is 4.79 Å². The number of hydrogen-bond acceptors (Lipinski definition) is 5. The first-order valence-electron chi connectivity index (χ1n) is 11.5. The number of amides is 1. The Morgan fingerprint density at radius 3 is 2.76 bits per heavy atom. The smallest absolute Gasteiger partial charge is 0.282 e. The fourth-order valence-corrected chi connectivity index (χ4v) is 4.11. The van der Waals surface area contributed by atoms with E-state index in [0.717, 1.165) is 10.9 Å². The zero-order chi connectivity index (χ0) is 26.5. The fourth-order valence-electron chi connectivity index (χ4n) is 3.51. The zero-order valence-electron chi connectivity index (χ0n) is 20.0. The second-order valence-corrected chi connectivity index (χ2v) is 9.63. The largest absolute Gasteiger partial charge is 0.482 e. The molecule has 1 atom stereocenters. The van der Waals surface area contributed by atoms with Crippen LogP contribution in [0.1, 0.15) is 37.6 Å². The molecule has 4 rings (SSSR count). The fraction of sp³-hybridized carbons (Fsp3) is 0.185. The summed E-state index contributed by atoms with van der Waals surface area (Å²) in [5, 5.41) is 7.57. The Morgan fingerprint density at radius 2 is 2.03 bits per heavy atom. The highest BCUT2D eigenvalue weighted by molar-refractivity contribution is 9.10. The summed E-state index contributed by atoms with van der Waals surface area (Å²) >= 11 is 9.75. The molecule has 0 fully saturated rings. The number of aromatic nitrogens is 2. The molecule has 0 aliphatic heterocycles. The number of ether oxygens (including phenoxy) is 1.